The molecule has 34 heavy (non-hydrogen) atoms. The van der Waals surface area contributed by atoms with Crippen molar-refractivity contribution < 1.29 is 33.5 Å². The highest BCUT2D eigenvalue weighted by molar-refractivity contribution is 5.94. The summed E-state index contributed by atoms with van der Waals surface area (Å²) in [7, 11) is 1.50. The molecule has 10 nitrogen and oxygen atoms in total. The molecule has 0 radical (unpaired) electrons. The number of non-ortho nitro benzene ring substituents is 1. The second-order valence-corrected chi connectivity index (χ2v) is 7.66. The van der Waals surface area contributed by atoms with E-state index in [1.54, 1.807) is 13.8 Å². The summed E-state index contributed by atoms with van der Waals surface area (Å²) < 4.78 is 21.2. The average Bonchev–Trinajstić information content (AvgIpc) is 2.85. The van der Waals surface area contributed by atoms with E-state index in [1.807, 2.05) is 30.3 Å². The van der Waals surface area contributed by atoms with E-state index in [4.69, 9.17) is 18.9 Å². The Morgan fingerprint density at radius 3 is 2.35 bits per heavy atom. The Morgan fingerprint density at radius 1 is 1.06 bits per heavy atom. The highest BCUT2D eigenvalue weighted by Crippen LogP contribution is 2.14. The van der Waals surface area contributed by atoms with Gasteiger partial charge in [-0.3, -0.25) is 19.7 Å². The van der Waals surface area contributed by atoms with Gasteiger partial charge in [-0.1, -0.05) is 37.3 Å². The molecule has 10 heteroatoms. The van der Waals surface area contributed by atoms with E-state index in [0.29, 0.717) is 0 Å². The van der Waals surface area contributed by atoms with Gasteiger partial charge in [-0.05, 0) is 31.0 Å². The molecule has 0 bridgehead atoms. The van der Waals surface area contributed by atoms with Gasteiger partial charge in [0, 0.05) is 24.8 Å². The van der Waals surface area contributed by atoms with Crippen LogP contribution in [-0.2, 0) is 30.3 Å². The Kier molecular flexibility index (Phi) is 11.1. The Labute approximate surface area is 198 Å². The van der Waals surface area contributed by atoms with Crippen LogP contribution in [-0.4, -0.2) is 49.6 Å². The molecule has 0 heterocycles. The Balaban J connectivity index is 1.96. The van der Waals surface area contributed by atoms with Crippen molar-refractivity contribution in [2.75, 3.05) is 20.5 Å². The van der Waals surface area contributed by atoms with Crippen molar-refractivity contribution in [1.29, 1.82) is 0 Å². The molecular weight excluding hydrogens is 444 g/mol. The van der Waals surface area contributed by atoms with Crippen LogP contribution in [0.25, 0.3) is 0 Å². The maximum atomic E-state index is 12.7. The molecule has 3 atom stereocenters. The lowest BCUT2D eigenvalue weighted by molar-refractivity contribution is -0.384. The molecule has 2 aromatic carbocycles. The lowest BCUT2D eigenvalue weighted by Crippen LogP contribution is -2.40. The number of amides is 1. The zero-order valence-electron chi connectivity index (χ0n) is 19.5. The first kappa shape index (κ1) is 26.9. The number of benzene rings is 2. The Morgan fingerprint density at radius 2 is 1.74 bits per heavy atom. The van der Waals surface area contributed by atoms with E-state index in [1.165, 1.54) is 31.4 Å². The van der Waals surface area contributed by atoms with Crippen LogP contribution < -0.4 is 5.32 Å². The summed E-state index contributed by atoms with van der Waals surface area (Å²) in [6.45, 7) is 3.59. The van der Waals surface area contributed by atoms with Gasteiger partial charge in [0.05, 0.1) is 23.5 Å². The number of carbonyl (C=O) groups is 2. The van der Waals surface area contributed by atoms with Crippen LogP contribution in [0.1, 0.15) is 36.2 Å². The summed E-state index contributed by atoms with van der Waals surface area (Å²) in [5, 5.41) is 13.6. The van der Waals surface area contributed by atoms with Crippen molar-refractivity contribution in [2.45, 2.75) is 39.2 Å². The van der Waals surface area contributed by atoms with E-state index in [0.717, 1.165) is 5.56 Å². The zero-order chi connectivity index (χ0) is 24.9. The minimum absolute atomic E-state index is 0.0637. The first-order valence-electron chi connectivity index (χ1n) is 10.8. The summed E-state index contributed by atoms with van der Waals surface area (Å²) in [4.78, 5) is 35.5. The van der Waals surface area contributed by atoms with Crippen molar-refractivity contribution >= 4 is 17.6 Å². The molecule has 2 aromatic rings. The van der Waals surface area contributed by atoms with Gasteiger partial charge in [0.15, 0.2) is 6.29 Å². The Hall–Kier alpha value is -3.34. The molecule has 0 saturated carbocycles. The number of nitrogens with one attached hydrogen (secondary N) is 1. The lowest BCUT2D eigenvalue weighted by Gasteiger charge is -2.22. The van der Waals surface area contributed by atoms with Crippen LogP contribution in [0.4, 0.5) is 5.69 Å². The second kappa shape index (κ2) is 14.0. The quantitative estimate of drug-likeness (QED) is 0.145. The van der Waals surface area contributed by atoms with Crippen molar-refractivity contribution in [2.24, 2.45) is 5.92 Å². The van der Waals surface area contributed by atoms with Crippen LogP contribution in [0.3, 0.4) is 0 Å². The molecule has 1 N–H and O–H groups in total. The van der Waals surface area contributed by atoms with Gasteiger partial charge in [-0.15, -0.1) is 0 Å². The van der Waals surface area contributed by atoms with Crippen LogP contribution in [0, 0.1) is 16.0 Å². The minimum atomic E-state index is -0.540. The highest BCUT2D eigenvalue weighted by Gasteiger charge is 2.23. The van der Waals surface area contributed by atoms with Crippen molar-refractivity contribution in [1.82, 2.24) is 5.32 Å². The second-order valence-electron chi connectivity index (χ2n) is 7.66. The third kappa shape index (κ3) is 9.26. The molecular formula is C24H30N2O8. The minimum Gasteiger partial charge on any atom is -0.461 e. The summed E-state index contributed by atoms with van der Waals surface area (Å²) in [6.07, 6.45) is -0.202. The molecule has 184 valence electrons. The summed E-state index contributed by atoms with van der Waals surface area (Å²) >= 11 is 0. The van der Waals surface area contributed by atoms with Crippen LogP contribution in [0.5, 0.6) is 0 Å². The summed E-state index contributed by atoms with van der Waals surface area (Å²) in [6, 6.07) is 14.0. The first-order valence-corrected chi connectivity index (χ1v) is 10.8. The summed E-state index contributed by atoms with van der Waals surface area (Å²) in [5.74, 6) is -1.37. The molecule has 0 aromatic heterocycles. The molecule has 0 fully saturated rings. The fourth-order valence-corrected chi connectivity index (χ4v) is 2.97. The SMILES string of the molecule is COC(C)OCOCC(CC(C)C(=O)OCc1ccccc1)NC(=O)c1ccc([N+](=O)[O-])cc1. The number of hydrogen-bond acceptors (Lipinski definition) is 8. The fraction of sp³-hybridized carbons (Fsp3) is 0.417. The van der Waals surface area contributed by atoms with Crippen LogP contribution in [0.2, 0.25) is 0 Å². The topological polar surface area (TPSA) is 126 Å². The van der Waals surface area contributed by atoms with E-state index >= 15 is 0 Å². The van der Waals surface area contributed by atoms with E-state index in [2.05, 4.69) is 5.32 Å². The van der Waals surface area contributed by atoms with E-state index in [9.17, 15) is 19.7 Å². The van der Waals surface area contributed by atoms with Gasteiger partial charge in [0.25, 0.3) is 11.6 Å². The molecule has 0 aliphatic rings. The number of rotatable bonds is 14. The first-order chi connectivity index (χ1) is 16.3. The monoisotopic (exact) mass is 474 g/mol. The number of nitrogens with zero attached hydrogens (tertiary/aromatic N) is 1. The fourth-order valence-electron chi connectivity index (χ4n) is 2.97. The molecule has 3 unspecified atom stereocenters. The number of nitro benzene ring substituents is 1. The number of nitro groups is 1. The van der Waals surface area contributed by atoms with Gasteiger partial charge < -0.3 is 24.3 Å². The molecule has 0 spiro atoms. The van der Waals surface area contributed by atoms with Gasteiger partial charge in [0.2, 0.25) is 0 Å². The van der Waals surface area contributed by atoms with Crippen LogP contribution >= 0.6 is 0 Å². The third-order valence-electron chi connectivity index (χ3n) is 4.98. The van der Waals surface area contributed by atoms with E-state index < -0.39 is 35.0 Å². The number of hydrogen-bond donors (Lipinski definition) is 1. The van der Waals surface area contributed by atoms with Crippen LogP contribution in [0.15, 0.2) is 54.6 Å². The zero-order valence-corrected chi connectivity index (χ0v) is 19.5. The molecule has 0 aliphatic carbocycles. The number of carbonyl (C=O) groups excluding carboxylic acids is 2. The average molecular weight is 475 g/mol. The van der Waals surface area contributed by atoms with E-state index in [-0.39, 0.29) is 37.7 Å². The molecule has 1 amide bonds. The largest absolute Gasteiger partial charge is 0.461 e. The predicted molar refractivity (Wildman–Crippen MR) is 123 cm³/mol. The lowest BCUT2D eigenvalue weighted by atomic mass is 10.0. The maximum Gasteiger partial charge on any atom is 0.309 e. The van der Waals surface area contributed by atoms with Gasteiger partial charge >= 0.3 is 5.97 Å². The Bertz CT molecular complexity index is 920. The molecule has 0 aliphatic heterocycles. The van der Waals surface area contributed by atoms with Gasteiger partial charge in [-0.2, -0.15) is 0 Å². The van der Waals surface area contributed by atoms with Crippen molar-refractivity contribution in [3.63, 3.8) is 0 Å². The smallest absolute Gasteiger partial charge is 0.309 e. The standard InChI is InChI=1S/C24H30N2O8/c1-17(24(28)33-14-19-7-5-4-6-8-19)13-21(15-32-16-34-18(2)31-3)25-23(27)20-9-11-22(12-10-20)26(29)30/h4-12,17-18,21H,13-16H2,1-3H3,(H,25,27). The van der Waals surface area contributed by atoms with Crippen molar-refractivity contribution in [3.05, 3.63) is 75.8 Å². The number of esters is 1. The van der Waals surface area contributed by atoms with Gasteiger partial charge in [0.1, 0.15) is 13.4 Å². The van der Waals surface area contributed by atoms with Gasteiger partial charge in [-0.25, -0.2) is 0 Å². The third-order valence-corrected chi connectivity index (χ3v) is 4.98. The molecule has 0 saturated heterocycles. The highest BCUT2D eigenvalue weighted by atomic mass is 16.7. The predicted octanol–water partition coefficient (Wildman–Crippen LogP) is 3.45. The van der Waals surface area contributed by atoms with Crippen molar-refractivity contribution in [3.8, 4) is 0 Å². The summed E-state index contributed by atoms with van der Waals surface area (Å²) in [5.41, 5.74) is 1.01. The number of methoxy groups -OCH3 is 1. The normalized spacial score (nSPS) is 13.5. The maximum absolute atomic E-state index is 12.7. The number of ether oxygens (including phenoxy) is 4. The molecule has 2 rings (SSSR count).